The molecule has 1 aliphatic heterocycles. The zero-order valence-electron chi connectivity index (χ0n) is 21.0. The number of aromatic nitrogens is 7. The molecule has 0 amide bonds. The smallest absolute Gasteiger partial charge is 0.221 e. The minimum atomic E-state index is -0.279. The lowest BCUT2D eigenvalue weighted by Crippen LogP contribution is -2.32. The van der Waals surface area contributed by atoms with Crippen molar-refractivity contribution in [3.05, 3.63) is 40.6 Å². The van der Waals surface area contributed by atoms with E-state index in [0.29, 0.717) is 35.9 Å². The van der Waals surface area contributed by atoms with E-state index in [2.05, 4.69) is 36.3 Å². The number of nitrogens with one attached hydrogen (secondary N) is 1. The molecule has 4 aromatic heterocycles. The maximum absolute atomic E-state index is 9.84. The van der Waals surface area contributed by atoms with Crippen LogP contribution in [0.25, 0.3) is 34.3 Å². The first-order valence-electron chi connectivity index (χ1n) is 11.8. The molecule has 2 N–H and O–H groups in total. The number of aliphatic hydroxyl groups is 1. The fourth-order valence-corrected chi connectivity index (χ4v) is 4.76. The Morgan fingerprint density at radius 3 is 2.86 bits per heavy atom. The van der Waals surface area contributed by atoms with Gasteiger partial charge in [0.15, 0.2) is 5.69 Å². The first-order chi connectivity index (χ1) is 17.3. The van der Waals surface area contributed by atoms with Crippen LogP contribution in [0.3, 0.4) is 0 Å². The molecule has 1 aliphatic rings. The number of hydrogen-bond acceptors (Lipinski definition) is 8. The van der Waals surface area contributed by atoms with Crippen molar-refractivity contribution in [2.75, 3.05) is 20.2 Å². The van der Waals surface area contributed by atoms with Crippen LogP contribution >= 0.6 is 0 Å². The van der Waals surface area contributed by atoms with Crippen LogP contribution in [0.2, 0.25) is 0 Å². The van der Waals surface area contributed by atoms with Gasteiger partial charge in [-0.25, -0.2) is 4.68 Å². The van der Waals surface area contributed by atoms with E-state index in [1.165, 1.54) is 0 Å². The number of H-pyrrole nitrogens is 1. The molecule has 0 unspecified atom stereocenters. The van der Waals surface area contributed by atoms with Crippen molar-refractivity contribution in [3.63, 3.8) is 0 Å². The average molecular weight is 488 g/mol. The van der Waals surface area contributed by atoms with Gasteiger partial charge in [0.25, 0.3) is 0 Å². The summed E-state index contributed by atoms with van der Waals surface area (Å²) < 4.78 is 9.91. The van der Waals surface area contributed by atoms with Gasteiger partial charge in [0.05, 0.1) is 52.7 Å². The number of aryl methyl sites for hydroxylation is 2. The van der Waals surface area contributed by atoms with Crippen LogP contribution in [-0.4, -0.2) is 71.1 Å². The molecule has 0 aromatic carbocycles. The quantitative estimate of drug-likeness (QED) is 0.441. The van der Waals surface area contributed by atoms with Crippen LogP contribution in [-0.2, 0) is 13.6 Å². The number of likely N-dealkylation sites (N-methyl/N-ethyl adjacent to an activating group) is 1. The van der Waals surface area contributed by atoms with Crippen LogP contribution in [0.5, 0.6) is 5.88 Å². The summed E-state index contributed by atoms with van der Waals surface area (Å²) in [7, 11) is 3.86. The minimum Gasteiger partial charge on any atom is -0.473 e. The fourth-order valence-electron chi connectivity index (χ4n) is 4.76. The Balaban J connectivity index is 1.73. The van der Waals surface area contributed by atoms with Gasteiger partial charge >= 0.3 is 0 Å². The highest BCUT2D eigenvalue weighted by Gasteiger charge is 2.24. The average Bonchev–Trinajstić information content (AvgIpc) is 3.49. The van der Waals surface area contributed by atoms with E-state index >= 15 is 0 Å². The first-order valence-corrected chi connectivity index (χ1v) is 11.8. The second-order valence-electron chi connectivity index (χ2n) is 9.37. The first kappa shape index (κ1) is 23.7. The normalized spacial score (nSPS) is 18.1. The van der Waals surface area contributed by atoms with Gasteiger partial charge in [0.1, 0.15) is 12.2 Å². The predicted octanol–water partition coefficient (Wildman–Crippen LogP) is 2.67. The Bertz CT molecular complexity index is 1500. The van der Waals surface area contributed by atoms with Crippen LogP contribution in [0.4, 0.5) is 0 Å². The number of aliphatic hydroxyl groups excluding tert-OH is 1. The molecule has 36 heavy (non-hydrogen) atoms. The van der Waals surface area contributed by atoms with Crippen molar-refractivity contribution in [3.8, 4) is 23.2 Å². The molecule has 0 aliphatic carbocycles. The van der Waals surface area contributed by atoms with Gasteiger partial charge in [-0.05, 0) is 46.0 Å². The lowest BCUT2D eigenvalue weighted by atomic mass is 10.1. The highest BCUT2D eigenvalue weighted by atomic mass is 16.5. The van der Waals surface area contributed by atoms with E-state index in [-0.39, 0.29) is 18.8 Å². The van der Waals surface area contributed by atoms with Gasteiger partial charge in [0, 0.05) is 31.1 Å². The van der Waals surface area contributed by atoms with Gasteiger partial charge in [-0.3, -0.25) is 19.7 Å². The Hall–Kier alpha value is -4.01. The number of hydrogen-bond donors (Lipinski definition) is 2. The van der Waals surface area contributed by atoms with Crippen molar-refractivity contribution in [2.45, 2.75) is 39.5 Å². The highest BCUT2D eigenvalue weighted by Crippen LogP contribution is 2.34. The SMILES string of the molecule is Cc1nn(C)c2c1-c1cc3c(n[nH]c3cn1)/C=C/c1c(C#N)nn([C@@H](C)CO)c1CN(C)C[C@H](C)O2. The van der Waals surface area contributed by atoms with Crippen molar-refractivity contribution >= 4 is 23.1 Å². The Labute approximate surface area is 208 Å². The Morgan fingerprint density at radius 1 is 1.31 bits per heavy atom. The molecular weight excluding hydrogens is 458 g/mol. The second kappa shape index (κ2) is 9.22. The van der Waals surface area contributed by atoms with Crippen molar-refractivity contribution < 1.29 is 9.84 Å². The van der Waals surface area contributed by atoms with Crippen LogP contribution < -0.4 is 4.74 Å². The van der Waals surface area contributed by atoms with Gasteiger partial charge in [-0.15, -0.1) is 0 Å². The number of rotatable bonds is 2. The Morgan fingerprint density at radius 2 is 2.11 bits per heavy atom. The highest BCUT2D eigenvalue weighted by molar-refractivity contribution is 5.92. The monoisotopic (exact) mass is 487 g/mol. The topological polar surface area (TPSA) is 134 Å². The summed E-state index contributed by atoms with van der Waals surface area (Å²) in [4.78, 5) is 6.78. The van der Waals surface area contributed by atoms with Crippen LogP contribution in [0.1, 0.15) is 48.2 Å². The number of nitrogens with zero attached hydrogens (tertiary/aromatic N) is 8. The summed E-state index contributed by atoms with van der Waals surface area (Å²) in [5.41, 5.74) is 5.79. The molecule has 0 spiro atoms. The standard InChI is InChI=1S/C25H29N9O2/c1-14(13-35)34-23-12-32(4)11-15(2)36-25-24(16(3)30-33(25)5)20-8-18-19(28-29-22(18)10-27-20)7-6-17(23)21(9-26)31-34/h6-8,10,14-15,35H,11-13H2,1-5H3,(H,28,29)/b7-6+/t14-,15-/m0/s1. The van der Waals surface area contributed by atoms with Gasteiger partial charge in [-0.2, -0.15) is 20.6 Å². The number of ether oxygens (including phenoxy) is 1. The molecule has 2 atom stereocenters. The zero-order chi connectivity index (χ0) is 25.6. The van der Waals surface area contributed by atoms with E-state index < -0.39 is 0 Å². The Kier molecular flexibility index (Phi) is 6.07. The lowest BCUT2D eigenvalue weighted by Gasteiger charge is -2.24. The molecule has 0 saturated carbocycles. The summed E-state index contributed by atoms with van der Waals surface area (Å²) in [6, 6.07) is 3.91. The third-order valence-corrected chi connectivity index (χ3v) is 6.45. The molecule has 2 bridgehead atoms. The molecule has 0 fully saturated rings. The maximum atomic E-state index is 9.84. The van der Waals surface area contributed by atoms with E-state index in [0.717, 1.165) is 33.5 Å². The second-order valence-corrected chi connectivity index (χ2v) is 9.37. The van der Waals surface area contributed by atoms with Crippen molar-refractivity contribution in [1.29, 1.82) is 5.26 Å². The molecular formula is C25H29N9O2. The van der Waals surface area contributed by atoms with Gasteiger partial charge < -0.3 is 9.84 Å². The largest absolute Gasteiger partial charge is 0.473 e. The fraction of sp³-hybridized carbons (Fsp3) is 0.400. The van der Waals surface area contributed by atoms with Crippen LogP contribution in [0.15, 0.2) is 12.3 Å². The van der Waals surface area contributed by atoms with E-state index in [1.54, 1.807) is 15.6 Å². The molecule has 11 nitrogen and oxygen atoms in total. The zero-order valence-corrected chi connectivity index (χ0v) is 21.0. The number of nitriles is 1. The molecule has 0 saturated heterocycles. The summed E-state index contributed by atoms with van der Waals surface area (Å²) in [5.74, 6) is 0.655. The number of aromatic amines is 1. The summed E-state index contributed by atoms with van der Waals surface area (Å²) in [6.45, 7) is 6.87. The summed E-state index contributed by atoms with van der Waals surface area (Å²) in [5, 5.41) is 37.2. The van der Waals surface area contributed by atoms with E-state index in [9.17, 15) is 10.4 Å². The molecule has 5 rings (SSSR count). The van der Waals surface area contributed by atoms with Gasteiger partial charge in [-0.1, -0.05) is 0 Å². The molecule has 186 valence electrons. The molecule has 5 heterocycles. The van der Waals surface area contributed by atoms with Gasteiger partial charge in [0.2, 0.25) is 5.88 Å². The maximum Gasteiger partial charge on any atom is 0.221 e. The molecule has 0 radical (unpaired) electrons. The molecule has 11 heteroatoms. The third-order valence-electron chi connectivity index (χ3n) is 6.45. The minimum absolute atomic E-state index is 0.0890. The van der Waals surface area contributed by atoms with E-state index in [4.69, 9.17) is 4.74 Å². The van der Waals surface area contributed by atoms with E-state index in [1.807, 2.05) is 53.1 Å². The van der Waals surface area contributed by atoms with Crippen molar-refractivity contribution in [1.82, 2.24) is 39.6 Å². The van der Waals surface area contributed by atoms with Crippen LogP contribution in [0, 0.1) is 18.3 Å². The number of fused-ring (bicyclic) bond motifs is 4. The lowest BCUT2D eigenvalue weighted by molar-refractivity contribution is 0.145. The molecule has 4 aromatic rings. The van der Waals surface area contributed by atoms with Crippen molar-refractivity contribution in [2.24, 2.45) is 7.05 Å². The number of pyridine rings is 1. The summed E-state index contributed by atoms with van der Waals surface area (Å²) in [6.07, 6.45) is 5.36. The summed E-state index contributed by atoms with van der Waals surface area (Å²) >= 11 is 0. The third kappa shape index (κ3) is 4.04. The predicted molar refractivity (Wildman–Crippen MR) is 135 cm³/mol.